The number of carbonyl (C=O) groups is 1. The van der Waals surface area contributed by atoms with Crippen molar-refractivity contribution in [3.05, 3.63) is 52.8 Å². The standard InChI is InChI=1S/C13H13ClN2O/c14-11-4-1-10(2-5-11)3-6-12(17)9-13-15-7-8-16-13/h1-6,9,15-16H,7-8H2/b6-3+. The van der Waals surface area contributed by atoms with Gasteiger partial charge in [0.2, 0.25) is 0 Å². The fourth-order valence-corrected chi connectivity index (χ4v) is 1.63. The lowest BCUT2D eigenvalue weighted by atomic mass is 10.2. The summed E-state index contributed by atoms with van der Waals surface area (Å²) < 4.78 is 0. The Balaban J connectivity index is 1.98. The number of benzene rings is 1. The molecule has 0 radical (unpaired) electrons. The Labute approximate surface area is 105 Å². The molecule has 1 aromatic rings. The first kappa shape index (κ1) is 11.7. The van der Waals surface area contributed by atoms with E-state index >= 15 is 0 Å². The number of halogens is 1. The van der Waals surface area contributed by atoms with Crippen molar-refractivity contribution >= 4 is 23.5 Å². The summed E-state index contributed by atoms with van der Waals surface area (Å²) in [5.41, 5.74) is 0.952. The molecule has 1 aliphatic heterocycles. The van der Waals surface area contributed by atoms with Gasteiger partial charge in [0.25, 0.3) is 0 Å². The molecule has 0 spiro atoms. The molecule has 0 amide bonds. The number of rotatable bonds is 3. The highest BCUT2D eigenvalue weighted by molar-refractivity contribution is 6.30. The van der Waals surface area contributed by atoms with E-state index in [-0.39, 0.29) is 5.78 Å². The van der Waals surface area contributed by atoms with Gasteiger partial charge in [-0.25, -0.2) is 0 Å². The second kappa shape index (κ2) is 5.55. The molecule has 0 aliphatic carbocycles. The Hall–Kier alpha value is -1.74. The summed E-state index contributed by atoms with van der Waals surface area (Å²) in [6.45, 7) is 1.72. The first-order valence-electron chi connectivity index (χ1n) is 5.41. The molecule has 0 bridgehead atoms. The van der Waals surface area contributed by atoms with Crippen LogP contribution in [0.5, 0.6) is 0 Å². The maximum Gasteiger partial charge on any atom is 0.182 e. The molecule has 17 heavy (non-hydrogen) atoms. The summed E-state index contributed by atoms with van der Waals surface area (Å²) in [7, 11) is 0. The van der Waals surface area contributed by atoms with E-state index in [1.165, 1.54) is 6.08 Å². The van der Waals surface area contributed by atoms with Gasteiger partial charge in [-0.05, 0) is 23.8 Å². The van der Waals surface area contributed by atoms with Crippen molar-refractivity contribution in [2.45, 2.75) is 0 Å². The molecule has 0 unspecified atom stereocenters. The topological polar surface area (TPSA) is 41.1 Å². The summed E-state index contributed by atoms with van der Waals surface area (Å²) in [4.78, 5) is 11.6. The number of carbonyl (C=O) groups excluding carboxylic acids is 1. The molecular formula is C13H13ClN2O. The predicted molar refractivity (Wildman–Crippen MR) is 69.6 cm³/mol. The van der Waals surface area contributed by atoms with Crippen molar-refractivity contribution in [1.29, 1.82) is 0 Å². The van der Waals surface area contributed by atoms with Crippen LogP contribution in [0.25, 0.3) is 6.08 Å². The van der Waals surface area contributed by atoms with E-state index in [1.54, 1.807) is 24.3 Å². The number of allylic oxidation sites excluding steroid dienone is 2. The number of nitrogens with one attached hydrogen (secondary N) is 2. The highest BCUT2D eigenvalue weighted by Gasteiger charge is 2.04. The van der Waals surface area contributed by atoms with E-state index in [0.29, 0.717) is 5.02 Å². The molecule has 2 N–H and O–H groups in total. The van der Waals surface area contributed by atoms with E-state index in [0.717, 1.165) is 24.5 Å². The minimum absolute atomic E-state index is 0.0446. The lowest BCUT2D eigenvalue weighted by Crippen LogP contribution is -2.11. The minimum Gasteiger partial charge on any atom is -0.370 e. The second-order valence-corrected chi connectivity index (χ2v) is 4.14. The monoisotopic (exact) mass is 248 g/mol. The molecule has 0 atom stereocenters. The summed E-state index contributed by atoms with van der Waals surface area (Å²) in [5.74, 6) is 0.743. The van der Waals surface area contributed by atoms with Crippen LogP contribution in [0.3, 0.4) is 0 Å². The summed E-state index contributed by atoms with van der Waals surface area (Å²) >= 11 is 5.77. The average Bonchev–Trinajstić information content (AvgIpc) is 2.81. The molecular weight excluding hydrogens is 236 g/mol. The van der Waals surface area contributed by atoms with Crippen molar-refractivity contribution in [2.75, 3.05) is 13.1 Å². The van der Waals surface area contributed by atoms with Gasteiger partial charge in [0.15, 0.2) is 5.78 Å². The van der Waals surface area contributed by atoms with Crippen molar-refractivity contribution in [1.82, 2.24) is 10.6 Å². The van der Waals surface area contributed by atoms with Gasteiger partial charge in [0, 0.05) is 24.2 Å². The molecule has 1 aromatic carbocycles. The fourth-order valence-electron chi connectivity index (χ4n) is 1.50. The molecule has 0 saturated carbocycles. The Kier molecular flexibility index (Phi) is 3.83. The van der Waals surface area contributed by atoms with Crippen LogP contribution in [0.15, 0.2) is 42.2 Å². The minimum atomic E-state index is -0.0446. The van der Waals surface area contributed by atoms with E-state index in [4.69, 9.17) is 11.6 Å². The van der Waals surface area contributed by atoms with Crippen LogP contribution in [0.2, 0.25) is 5.02 Å². The lowest BCUT2D eigenvalue weighted by Gasteiger charge is -1.96. The Morgan fingerprint density at radius 2 is 1.82 bits per heavy atom. The van der Waals surface area contributed by atoms with Gasteiger partial charge in [0.05, 0.1) is 0 Å². The Morgan fingerprint density at radius 1 is 1.18 bits per heavy atom. The molecule has 88 valence electrons. The van der Waals surface area contributed by atoms with Gasteiger partial charge in [0.1, 0.15) is 5.82 Å². The number of hydrogen-bond acceptors (Lipinski definition) is 3. The first-order valence-corrected chi connectivity index (χ1v) is 5.79. The number of hydrogen-bond donors (Lipinski definition) is 2. The zero-order valence-electron chi connectivity index (χ0n) is 9.24. The van der Waals surface area contributed by atoms with Gasteiger partial charge >= 0.3 is 0 Å². The Bertz CT molecular complexity index is 455. The van der Waals surface area contributed by atoms with Crippen LogP contribution in [0.1, 0.15) is 5.56 Å². The molecule has 3 nitrogen and oxygen atoms in total. The third-order valence-electron chi connectivity index (χ3n) is 2.35. The first-order chi connectivity index (χ1) is 8.24. The van der Waals surface area contributed by atoms with Gasteiger partial charge in [-0.15, -0.1) is 0 Å². The highest BCUT2D eigenvalue weighted by Crippen LogP contribution is 2.10. The summed E-state index contributed by atoms with van der Waals surface area (Å²) in [6, 6.07) is 7.32. The van der Waals surface area contributed by atoms with Crippen LogP contribution in [-0.4, -0.2) is 18.9 Å². The van der Waals surface area contributed by atoms with Gasteiger partial charge in [-0.2, -0.15) is 0 Å². The van der Waals surface area contributed by atoms with E-state index in [9.17, 15) is 4.79 Å². The van der Waals surface area contributed by atoms with Crippen LogP contribution in [0, 0.1) is 0 Å². The molecule has 4 heteroatoms. The van der Waals surface area contributed by atoms with Gasteiger partial charge < -0.3 is 10.6 Å². The highest BCUT2D eigenvalue weighted by atomic mass is 35.5. The maximum absolute atomic E-state index is 11.6. The molecule has 1 heterocycles. The summed E-state index contributed by atoms with van der Waals surface area (Å²) in [5, 5.41) is 6.83. The maximum atomic E-state index is 11.6. The van der Waals surface area contributed by atoms with Gasteiger partial charge in [-0.3, -0.25) is 4.79 Å². The number of ketones is 1. The van der Waals surface area contributed by atoms with E-state index in [1.807, 2.05) is 12.1 Å². The lowest BCUT2D eigenvalue weighted by molar-refractivity contribution is -0.110. The van der Waals surface area contributed by atoms with Crippen molar-refractivity contribution in [2.24, 2.45) is 0 Å². The zero-order valence-corrected chi connectivity index (χ0v) is 10.00. The summed E-state index contributed by atoms with van der Waals surface area (Å²) in [6.07, 6.45) is 4.86. The van der Waals surface area contributed by atoms with Crippen molar-refractivity contribution in [3.8, 4) is 0 Å². The quantitative estimate of drug-likeness (QED) is 0.804. The van der Waals surface area contributed by atoms with Crippen LogP contribution in [0.4, 0.5) is 0 Å². The zero-order chi connectivity index (χ0) is 12.1. The SMILES string of the molecule is O=C(C=C1NCCN1)/C=C/c1ccc(Cl)cc1. The smallest absolute Gasteiger partial charge is 0.182 e. The predicted octanol–water partition coefficient (Wildman–Crippen LogP) is 1.96. The van der Waals surface area contributed by atoms with E-state index in [2.05, 4.69) is 10.6 Å². The van der Waals surface area contributed by atoms with E-state index < -0.39 is 0 Å². The fraction of sp³-hybridized carbons (Fsp3) is 0.154. The van der Waals surface area contributed by atoms with Gasteiger partial charge in [-0.1, -0.05) is 29.8 Å². The van der Waals surface area contributed by atoms with Crippen LogP contribution in [-0.2, 0) is 4.79 Å². The van der Waals surface area contributed by atoms with Crippen molar-refractivity contribution in [3.63, 3.8) is 0 Å². The molecule has 1 aliphatic rings. The van der Waals surface area contributed by atoms with Crippen LogP contribution < -0.4 is 10.6 Å². The van der Waals surface area contributed by atoms with Crippen LogP contribution >= 0.6 is 11.6 Å². The molecule has 1 fully saturated rings. The molecule has 0 aromatic heterocycles. The third-order valence-corrected chi connectivity index (χ3v) is 2.60. The largest absolute Gasteiger partial charge is 0.370 e. The van der Waals surface area contributed by atoms with Crippen molar-refractivity contribution < 1.29 is 4.79 Å². The molecule has 1 saturated heterocycles. The Morgan fingerprint density at radius 3 is 2.47 bits per heavy atom. The average molecular weight is 249 g/mol. The molecule has 2 rings (SSSR count). The third kappa shape index (κ3) is 3.64. The second-order valence-electron chi connectivity index (χ2n) is 3.70. The normalized spacial score (nSPS) is 14.5.